The molecule has 0 aliphatic rings. The Morgan fingerprint density at radius 3 is 2.74 bits per heavy atom. The number of aromatic nitrogens is 2. The maximum absolute atomic E-state index is 11.7. The van der Waals surface area contributed by atoms with Crippen LogP contribution in [0.1, 0.15) is 26.5 Å². The van der Waals surface area contributed by atoms with E-state index in [0.717, 1.165) is 5.69 Å². The third-order valence-corrected chi connectivity index (χ3v) is 2.25. The van der Waals surface area contributed by atoms with Gasteiger partial charge in [0, 0.05) is 45.3 Å². The summed E-state index contributed by atoms with van der Waals surface area (Å²) in [5, 5.41) is 3.20. The van der Waals surface area contributed by atoms with Gasteiger partial charge in [-0.15, -0.1) is 0 Å². The molecule has 6 nitrogen and oxygen atoms in total. The maximum atomic E-state index is 11.7. The van der Waals surface area contributed by atoms with Crippen molar-refractivity contribution in [3.8, 4) is 0 Å². The van der Waals surface area contributed by atoms with Crippen molar-refractivity contribution in [2.24, 2.45) is 0 Å². The summed E-state index contributed by atoms with van der Waals surface area (Å²) in [4.78, 5) is 21.4. The second kappa shape index (κ2) is 7.04. The van der Waals surface area contributed by atoms with Gasteiger partial charge in [-0.1, -0.05) is 0 Å². The Labute approximate surface area is 114 Å². The fourth-order valence-electron chi connectivity index (χ4n) is 1.32. The normalized spacial score (nSPS) is 11.2. The predicted molar refractivity (Wildman–Crippen MR) is 72.6 cm³/mol. The number of nitrogens with zero attached hydrogens (tertiary/aromatic N) is 3. The van der Waals surface area contributed by atoms with Crippen LogP contribution < -0.4 is 5.32 Å². The maximum Gasteiger partial charge on any atom is 0.410 e. The first-order valence-corrected chi connectivity index (χ1v) is 6.28. The summed E-state index contributed by atoms with van der Waals surface area (Å²) < 4.78 is 5.25. The highest BCUT2D eigenvalue weighted by Gasteiger charge is 2.18. The molecule has 0 fully saturated rings. The molecular weight excluding hydrogens is 244 g/mol. The summed E-state index contributed by atoms with van der Waals surface area (Å²) >= 11 is 0. The molecular formula is C13H22N4O2. The van der Waals surface area contributed by atoms with Crippen molar-refractivity contribution in [1.82, 2.24) is 20.2 Å². The molecule has 1 aromatic rings. The third kappa shape index (κ3) is 6.71. The highest BCUT2D eigenvalue weighted by Crippen LogP contribution is 2.08. The summed E-state index contributed by atoms with van der Waals surface area (Å²) in [7, 11) is 1.72. The van der Waals surface area contributed by atoms with Crippen LogP contribution in [0.25, 0.3) is 0 Å². The number of amides is 1. The van der Waals surface area contributed by atoms with Gasteiger partial charge in [0.15, 0.2) is 0 Å². The van der Waals surface area contributed by atoms with Gasteiger partial charge in [0.1, 0.15) is 5.60 Å². The van der Waals surface area contributed by atoms with Gasteiger partial charge in [-0.25, -0.2) is 4.79 Å². The van der Waals surface area contributed by atoms with Gasteiger partial charge in [0.25, 0.3) is 0 Å². The number of ether oxygens (including phenoxy) is 1. The highest BCUT2D eigenvalue weighted by atomic mass is 16.6. The molecule has 0 spiro atoms. The second-order valence-corrected chi connectivity index (χ2v) is 5.28. The van der Waals surface area contributed by atoms with Crippen LogP contribution in [0.5, 0.6) is 0 Å². The average Bonchev–Trinajstić information content (AvgIpc) is 2.33. The average molecular weight is 266 g/mol. The molecule has 0 radical (unpaired) electrons. The summed E-state index contributed by atoms with van der Waals surface area (Å²) in [5.41, 5.74) is 0.417. The van der Waals surface area contributed by atoms with Gasteiger partial charge in [-0.3, -0.25) is 9.97 Å². The minimum Gasteiger partial charge on any atom is -0.444 e. The molecule has 0 unspecified atom stereocenters. The SMILES string of the molecule is CN(CCNCc1cnccn1)C(=O)OC(C)(C)C. The summed E-state index contributed by atoms with van der Waals surface area (Å²) in [6, 6.07) is 0. The number of carbonyl (C=O) groups is 1. The van der Waals surface area contributed by atoms with Crippen LogP contribution in [-0.4, -0.2) is 46.7 Å². The Bertz CT molecular complexity index is 389. The van der Waals surface area contributed by atoms with Crippen molar-refractivity contribution in [3.05, 3.63) is 24.3 Å². The molecule has 1 rings (SSSR count). The molecule has 1 heterocycles. The first-order valence-electron chi connectivity index (χ1n) is 6.28. The Kier molecular flexibility index (Phi) is 5.69. The van der Waals surface area contributed by atoms with Crippen molar-refractivity contribution in [2.45, 2.75) is 32.9 Å². The fraction of sp³-hybridized carbons (Fsp3) is 0.615. The highest BCUT2D eigenvalue weighted by molar-refractivity contribution is 5.67. The Morgan fingerprint density at radius 2 is 2.16 bits per heavy atom. The molecule has 0 aliphatic carbocycles. The van der Waals surface area contributed by atoms with Crippen LogP contribution in [0.15, 0.2) is 18.6 Å². The van der Waals surface area contributed by atoms with E-state index in [4.69, 9.17) is 4.74 Å². The molecule has 1 aromatic heterocycles. The Hall–Kier alpha value is -1.69. The Morgan fingerprint density at radius 1 is 1.42 bits per heavy atom. The van der Waals surface area contributed by atoms with Crippen LogP contribution in [0.2, 0.25) is 0 Å². The lowest BCUT2D eigenvalue weighted by atomic mass is 10.2. The van der Waals surface area contributed by atoms with Crippen LogP contribution in [0, 0.1) is 0 Å². The zero-order chi connectivity index (χ0) is 14.3. The first kappa shape index (κ1) is 15.4. The van der Waals surface area contributed by atoms with Crippen LogP contribution >= 0.6 is 0 Å². The van der Waals surface area contributed by atoms with Gasteiger partial charge in [-0.05, 0) is 20.8 Å². The summed E-state index contributed by atoms with van der Waals surface area (Å²) in [5.74, 6) is 0. The number of likely N-dealkylation sites (N-methyl/N-ethyl adjacent to an activating group) is 1. The molecule has 1 N–H and O–H groups in total. The number of hydrogen-bond donors (Lipinski definition) is 1. The quantitative estimate of drug-likeness (QED) is 0.817. The molecule has 0 atom stereocenters. The lowest BCUT2D eigenvalue weighted by molar-refractivity contribution is 0.0300. The van der Waals surface area contributed by atoms with E-state index in [9.17, 15) is 4.79 Å². The second-order valence-electron chi connectivity index (χ2n) is 5.28. The smallest absolute Gasteiger partial charge is 0.410 e. The largest absolute Gasteiger partial charge is 0.444 e. The molecule has 0 saturated heterocycles. The van der Waals surface area contributed by atoms with Crippen LogP contribution in [0.3, 0.4) is 0 Å². The summed E-state index contributed by atoms with van der Waals surface area (Å²) in [6.45, 7) is 7.44. The molecule has 0 bridgehead atoms. The molecule has 6 heteroatoms. The van der Waals surface area contributed by atoms with Gasteiger partial charge < -0.3 is 15.0 Å². The topological polar surface area (TPSA) is 67.3 Å². The first-order chi connectivity index (χ1) is 8.88. The third-order valence-electron chi connectivity index (χ3n) is 2.25. The minimum atomic E-state index is -0.460. The minimum absolute atomic E-state index is 0.311. The van der Waals surface area contributed by atoms with Crippen LogP contribution in [0.4, 0.5) is 4.79 Å². The standard InChI is InChI=1S/C13H22N4O2/c1-13(2,3)19-12(18)17(4)8-7-15-10-11-9-14-5-6-16-11/h5-6,9,15H,7-8,10H2,1-4H3. The van der Waals surface area contributed by atoms with E-state index in [1.165, 1.54) is 0 Å². The van der Waals surface area contributed by atoms with Gasteiger partial charge >= 0.3 is 6.09 Å². The van der Waals surface area contributed by atoms with E-state index < -0.39 is 5.60 Å². The van der Waals surface area contributed by atoms with E-state index in [1.807, 2.05) is 20.8 Å². The fourth-order valence-corrected chi connectivity index (χ4v) is 1.32. The van der Waals surface area contributed by atoms with Crippen LogP contribution in [-0.2, 0) is 11.3 Å². The van der Waals surface area contributed by atoms with Crippen molar-refractivity contribution in [3.63, 3.8) is 0 Å². The van der Waals surface area contributed by atoms with Crippen molar-refractivity contribution < 1.29 is 9.53 Å². The van der Waals surface area contributed by atoms with Gasteiger partial charge in [-0.2, -0.15) is 0 Å². The van der Waals surface area contributed by atoms with Crippen molar-refractivity contribution in [2.75, 3.05) is 20.1 Å². The molecule has 0 aromatic carbocycles. The molecule has 106 valence electrons. The number of rotatable bonds is 5. The molecule has 1 amide bonds. The zero-order valence-corrected chi connectivity index (χ0v) is 12.0. The van der Waals surface area contributed by atoms with E-state index in [1.54, 1.807) is 30.5 Å². The van der Waals surface area contributed by atoms with Crippen molar-refractivity contribution in [1.29, 1.82) is 0 Å². The monoisotopic (exact) mass is 266 g/mol. The van der Waals surface area contributed by atoms with Gasteiger partial charge in [0.2, 0.25) is 0 Å². The lowest BCUT2D eigenvalue weighted by Gasteiger charge is -2.24. The number of hydrogen-bond acceptors (Lipinski definition) is 5. The summed E-state index contributed by atoms with van der Waals surface area (Å²) in [6.07, 6.45) is 4.70. The lowest BCUT2D eigenvalue weighted by Crippen LogP contribution is -2.37. The van der Waals surface area contributed by atoms with E-state index >= 15 is 0 Å². The van der Waals surface area contributed by atoms with E-state index in [0.29, 0.717) is 19.6 Å². The number of carbonyl (C=O) groups excluding carboxylic acids is 1. The molecule has 19 heavy (non-hydrogen) atoms. The zero-order valence-electron chi connectivity index (χ0n) is 12.0. The van der Waals surface area contributed by atoms with Gasteiger partial charge in [0.05, 0.1) is 5.69 Å². The molecule has 0 saturated carbocycles. The Balaban J connectivity index is 2.20. The van der Waals surface area contributed by atoms with E-state index in [-0.39, 0.29) is 6.09 Å². The predicted octanol–water partition coefficient (Wildman–Crippen LogP) is 1.43. The van der Waals surface area contributed by atoms with E-state index in [2.05, 4.69) is 15.3 Å². The molecule has 0 aliphatic heterocycles. The van der Waals surface area contributed by atoms with Crippen molar-refractivity contribution >= 4 is 6.09 Å². The number of nitrogens with one attached hydrogen (secondary N) is 1.